The third kappa shape index (κ3) is 3.34. The minimum absolute atomic E-state index is 0.179. The number of nitrogens with one attached hydrogen (secondary N) is 1. The Bertz CT molecular complexity index is 845. The standard InChI is InChI=1S/C16H13N3O3S2/c1-2-22-16(21)13-10(12-4-3-7-23-12)9-24-15(13)19-14(20)11-8-17-5-6-18-11/h3-9H,2H2,1H3,(H,19,20). The molecule has 0 aliphatic carbocycles. The van der Waals surface area contributed by atoms with Gasteiger partial charge in [0.25, 0.3) is 5.91 Å². The molecular weight excluding hydrogens is 346 g/mol. The van der Waals surface area contributed by atoms with Gasteiger partial charge in [-0.2, -0.15) is 0 Å². The Morgan fingerprint density at radius 1 is 1.29 bits per heavy atom. The van der Waals surface area contributed by atoms with Crippen LogP contribution in [-0.2, 0) is 4.74 Å². The molecule has 0 aromatic carbocycles. The number of amides is 1. The van der Waals surface area contributed by atoms with Crippen LogP contribution >= 0.6 is 22.7 Å². The van der Waals surface area contributed by atoms with Crippen LogP contribution in [0, 0.1) is 0 Å². The highest BCUT2D eigenvalue weighted by molar-refractivity contribution is 7.17. The van der Waals surface area contributed by atoms with Crippen molar-refractivity contribution in [3.05, 3.63) is 52.7 Å². The first-order valence-corrected chi connectivity index (χ1v) is 8.86. The van der Waals surface area contributed by atoms with E-state index in [0.717, 1.165) is 10.4 Å². The van der Waals surface area contributed by atoms with Gasteiger partial charge in [0.05, 0.1) is 12.8 Å². The fourth-order valence-electron chi connectivity index (χ4n) is 2.05. The van der Waals surface area contributed by atoms with Gasteiger partial charge in [0, 0.05) is 28.2 Å². The van der Waals surface area contributed by atoms with E-state index in [9.17, 15) is 9.59 Å². The van der Waals surface area contributed by atoms with Crippen LogP contribution in [-0.4, -0.2) is 28.5 Å². The summed E-state index contributed by atoms with van der Waals surface area (Å²) < 4.78 is 5.15. The van der Waals surface area contributed by atoms with E-state index in [-0.39, 0.29) is 12.3 Å². The van der Waals surface area contributed by atoms with Crippen molar-refractivity contribution in [2.24, 2.45) is 0 Å². The topological polar surface area (TPSA) is 81.2 Å². The van der Waals surface area contributed by atoms with Gasteiger partial charge in [-0.25, -0.2) is 9.78 Å². The van der Waals surface area contributed by atoms with Crippen LogP contribution in [0.25, 0.3) is 10.4 Å². The second-order valence-electron chi connectivity index (χ2n) is 4.60. The molecule has 0 spiro atoms. The van der Waals surface area contributed by atoms with Crippen molar-refractivity contribution in [3.8, 4) is 10.4 Å². The zero-order chi connectivity index (χ0) is 16.9. The predicted octanol–water partition coefficient (Wildman–Crippen LogP) is 3.70. The molecule has 24 heavy (non-hydrogen) atoms. The second-order valence-corrected chi connectivity index (χ2v) is 6.42. The molecule has 122 valence electrons. The van der Waals surface area contributed by atoms with Gasteiger partial charge in [-0.3, -0.25) is 9.78 Å². The fourth-order valence-corrected chi connectivity index (χ4v) is 3.82. The highest BCUT2D eigenvalue weighted by Gasteiger charge is 2.23. The number of esters is 1. The Labute approximate surface area is 146 Å². The van der Waals surface area contributed by atoms with E-state index in [0.29, 0.717) is 10.6 Å². The highest BCUT2D eigenvalue weighted by Crippen LogP contribution is 2.38. The van der Waals surface area contributed by atoms with E-state index >= 15 is 0 Å². The largest absolute Gasteiger partial charge is 0.462 e. The molecule has 3 aromatic heterocycles. The number of hydrogen-bond acceptors (Lipinski definition) is 7. The van der Waals surface area contributed by atoms with Gasteiger partial charge in [-0.1, -0.05) is 6.07 Å². The van der Waals surface area contributed by atoms with Gasteiger partial charge >= 0.3 is 5.97 Å². The van der Waals surface area contributed by atoms with E-state index in [1.54, 1.807) is 6.92 Å². The van der Waals surface area contributed by atoms with Crippen LogP contribution in [0.15, 0.2) is 41.5 Å². The van der Waals surface area contributed by atoms with Crippen molar-refractivity contribution in [2.45, 2.75) is 6.92 Å². The molecule has 1 N–H and O–H groups in total. The minimum Gasteiger partial charge on any atom is -0.462 e. The third-order valence-corrected chi connectivity index (χ3v) is 4.88. The molecule has 0 atom stereocenters. The Balaban J connectivity index is 1.96. The second kappa shape index (κ2) is 7.33. The average molecular weight is 359 g/mol. The smallest absolute Gasteiger partial charge is 0.341 e. The Kier molecular flexibility index (Phi) is 4.97. The molecule has 8 heteroatoms. The van der Waals surface area contributed by atoms with E-state index in [4.69, 9.17) is 4.74 Å². The molecule has 3 aromatic rings. The maximum atomic E-state index is 12.4. The first-order chi connectivity index (χ1) is 11.7. The Hall–Kier alpha value is -2.58. The summed E-state index contributed by atoms with van der Waals surface area (Å²) in [5.74, 6) is -0.884. The van der Waals surface area contributed by atoms with Gasteiger partial charge in [-0.05, 0) is 18.4 Å². The summed E-state index contributed by atoms with van der Waals surface area (Å²) in [6.45, 7) is 2.00. The lowest BCUT2D eigenvalue weighted by Gasteiger charge is -2.07. The SMILES string of the molecule is CCOC(=O)c1c(-c2cccs2)csc1NC(=O)c1cnccn1. The van der Waals surface area contributed by atoms with Crippen molar-refractivity contribution < 1.29 is 14.3 Å². The zero-order valence-electron chi connectivity index (χ0n) is 12.7. The van der Waals surface area contributed by atoms with Gasteiger partial charge in [0.1, 0.15) is 16.3 Å². The van der Waals surface area contributed by atoms with Crippen LogP contribution in [0.3, 0.4) is 0 Å². The molecule has 0 aliphatic rings. The molecule has 0 unspecified atom stereocenters. The summed E-state index contributed by atoms with van der Waals surface area (Å²) in [4.78, 5) is 33.4. The maximum Gasteiger partial charge on any atom is 0.341 e. The van der Waals surface area contributed by atoms with Gasteiger partial charge in [0.15, 0.2) is 0 Å². The lowest BCUT2D eigenvalue weighted by atomic mass is 10.1. The lowest BCUT2D eigenvalue weighted by Crippen LogP contribution is -2.16. The third-order valence-electron chi connectivity index (χ3n) is 3.08. The van der Waals surface area contributed by atoms with E-state index < -0.39 is 11.9 Å². The Morgan fingerprint density at radius 3 is 2.83 bits per heavy atom. The molecule has 0 fully saturated rings. The molecule has 3 rings (SSSR count). The van der Waals surface area contributed by atoms with Gasteiger partial charge in [-0.15, -0.1) is 22.7 Å². The summed E-state index contributed by atoms with van der Waals surface area (Å²) in [6, 6.07) is 3.83. The lowest BCUT2D eigenvalue weighted by molar-refractivity contribution is 0.0529. The van der Waals surface area contributed by atoms with Crippen LogP contribution in [0.2, 0.25) is 0 Å². The molecule has 1 amide bonds. The predicted molar refractivity (Wildman–Crippen MR) is 93.6 cm³/mol. The molecule has 0 radical (unpaired) electrons. The maximum absolute atomic E-state index is 12.4. The molecule has 0 aliphatic heterocycles. The van der Waals surface area contributed by atoms with Crippen molar-refractivity contribution in [3.63, 3.8) is 0 Å². The number of aromatic nitrogens is 2. The van der Waals surface area contributed by atoms with Crippen molar-refractivity contribution >= 4 is 39.6 Å². The van der Waals surface area contributed by atoms with Gasteiger partial charge < -0.3 is 10.1 Å². The molecule has 6 nitrogen and oxygen atoms in total. The first-order valence-electron chi connectivity index (χ1n) is 7.10. The van der Waals surface area contributed by atoms with E-state index in [1.807, 2.05) is 22.9 Å². The van der Waals surface area contributed by atoms with Crippen molar-refractivity contribution in [2.75, 3.05) is 11.9 Å². The Morgan fingerprint density at radius 2 is 2.17 bits per heavy atom. The van der Waals surface area contributed by atoms with Gasteiger partial charge in [0.2, 0.25) is 0 Å². The van der Waals surface area contributed by atoms with Crippen LogP contribution in [0.4, 0.5) is 5.00 Å². The van der Waals surface area contributed by atoms with Crippen LogP contribution < -0.4 is 5.32 Å². The summed E-state index contributed by atoms with van der Waals surface area (Å²) in [6.07, 6.45) is 4.29. The average Bonchev–Trinajstić information content (AvgIpc) is 3.25. The monoisotopic (exact) mass is 359 g/mol. The fraction of sp³-hybridized carbons (Fsp3) is 0.125. The number of hydrogen-bond donors (Lipinski definition) is 1. The molecule has 0 saturated heterocycles. The number of carbonyl (C=O) groups excluding carboxylic acids is 2. The number of rotatable bonds is 5. The summed E-state index contributed by atoms with van der Waals surface area (Å²) >= 11 is 2.80. The molecule has 0 saturated carbocycles. The summed E-state index contributed by atoms with van der Waals surface area (Å²) in [7, 11) is 0. The highest BCUT2D eigenvalue weighted by atomic mass is 32.1. The first kappa shape index (κ1) is 16.3. The summed E-state index contributed by atoms with van der Waals surface area (Å²) in [5.41, 5.74) is 1.29. The number of anilines is 1. The minimum atomic E-state index is -0.461. The normalized spacial score (nSPS) is 10.4. The molecule has 0 bridgehead atoms. The number of thiophene rings is 2. The zero-order valence-corrected chi connectivity index (χ0v) is 14.3. The number of ether oxygens (including phenoxy) is 1. The van der Waals surface area contributed by atoms with Crippen LogP contribution in [0.5, 0.6) is 0 Å². The summed E-state index contributed by atoms with van der Waals surface area (Å²) in [5, 5.41) is 6.93. The van der Waals surface area contributed by atoms with Crippen LogP contribution in [0.1, 0.15) is 27.8 Å². The molecular formula is C16H13N3O3S2. The van der Waals surface area contributed by atoms with Crippen molar-refractivity contribution in [1.82, 2.24) is 9.97 Å². The number of nitrogens with zero attached hydrogens (tertiary/aromatic N) is 2. The van der Waals surface area contributed by atoms with E-state index in [2.05, 4.69) is 15.3 Å². The van der Waals surface area contributed by atoms with Crippen molar-refractivity contribution in [1.29, 1.82) is 0 Å². The van der Waals surface area contributed by atoms with E-state index in [1.165, 1.54) is 41.3 Å². The molecule has 3 heterocycles. The number of carbonyl (C=O) groups is 2. The quantitative estimate of drug-likeness (QED) is 0.703.